The van der Waals surface area contributed by atoms with Crippen molar-refractivity contribution in [1.29, 1.82) is 0 Å². The molecule has 0 heterocycles. The van der Waals surface area contributed by atoms with Gasteiger partial charge in [-0.3, -0.25) is 0 Å². The highest BCUT2D eigenvalue weighted by atomic mass is 15.2. The third-order valence-electron chi connectivity index (χ3n) is 19.8. The monoisotopic (exact) mass is 1190 g/mol. The zero-order chi connectivity index (χ0) is 62.1. The topological polar surface area (TPSA) is 6.48 Å². The maximum Gasteiger partial charge on any atom is 0.0546 e. The van der Waals surface area contributed by atoms with E-state index in [0.29, 0.717) is 0 Å². The van der Waals surface area contributed by atoms with Gasteiger partial charge in [0, 0.05) is 45.4 Å². The van der Waals surface area contributed by atoms with Gasteiger partial charge in [0.05, 0.1) is 11.4 Å². The van der Waals surface area contributed by atoms with Crippen LogP contribution in [0.5, 0.6) is 0 Å². The summed E-state index contributed by atoms with van der Waals surface area (Å²) in [5.74, 6) is 0.171. The first-order chi connectivity index (χ1) is 46.6. The first kappa shape index (κ1) is 54.8. The highest BCUT2D eigenvalue weighted by Gasteiger charge is 2.32. The molecule has 2 heteroatoms. The van der Waals surface area contributed by atoms with Crippen molar-refractivity contribution in [3.63, 3.8) is 0 Å². The Morgan fingerprint density at radius 3 is 0.766 bits per heavy atom. The molecule has 440 valence electrons. The molecule has 2 aliphatic carbocycles. The second kappa shape index (κ2) is 23.0. The zero-order valence-corrected chi connectivity index (χ0v) is 51.7. The Hall–Kier alpha value is -12.1. The molecule has 0 atom stereocenters. The van der Waals surface area contributed by atoms with Crippen LogP contribution in [0.1, 0.15) is 45.2 Å². The Balaban J connectivity index is 0.816. The molecule has 0 aliphatic heterocycles. The Labute approximate surface area is 548 Å². The van der Waals surface area contributed by atoms with Crippen LogP contribution in [0.2, 0.25) is 0 Å². The van der Waals surface area contributed by atoms with Crippen LogP contribution >= 0.6 is 0 Å². The molecular formula is C92H62N2. The molecule has 16 aromatic rings. The van der Waals surface area contributed by atoms with Crippen LogP contribution in [0.3, 0.4) is 0 Å². The minimum Gasteiger partial charge on any atom is -0.310 e. The summed E-state index contributed by atoms with van der Waals surface area (Å²) in [6, 6.07) is 135. The standard InChI is InChI=1S/C92H62N2/c1-3-21-61(22-4-1)63-41-45-65(46-42-63)67-49-53-71(54-50-67)93(73-27-19-25-69(57-73)91-83-37-15-9-29-75(83)76-30-10-16-38-84(76)91)89-59-87-80-34-8-14-36-82(80)90(60-88(87)79-33-7-13-35-81(79)89)94(72-55-51-68(52-56-72)66-47-43-64(44-48-66)62-23-5-2-6-24-62)74-28-20-26-70(58-74)92-85-39-17-11-31-77(85)78-32-12-18-40-86(78)92/h1-60,91-92H. The first-order valence-corrected chi connectivity index (χ1v) is 32.7. The molecule has 18 rings (SSSR count). The van der Waals surface area contributed by atoms with Gasteiger partial charge in [-0.2, -0.15) is 0 Å². The number of rotatable bonds is 12. The van der Waals surface area contributed by atoms with E-state index in [1.54, 1.807) is 0 Å². The van der Waals surface area contributed by atoms with E-state index in [4.69, 9.17) is 0 Å². The lowest BCUT2D eigenvalue weighted by Gasteiger charge is -2.30. The second-order valence-corrected chi connectivity index (χ2v) is 25.0. The molecule has 0 amide bonds. The van der Waals surface area contributed by atoms with Crippen LogP contribution in [-0.4, -0.2) is 0 Å². The van der Waals surface area contributed by atoms with Gasteiger partial charge in [0.2, 0.25) is 0 Å². The van der Waals surface area contributed by atoms with E-state index < -0.39 is 0 Å². The number of benzene rings is 16. The van der Waals surface area contributed by atoms with Gasteiger partial charge in [-0.15, -0.1) is 0 Å². The lowest BCUT2D eigenvalue weighted by atomic mass is 9.88. The average molecular weight is 1200 g/mol. The molecule has 0 spiro atoms. The number of nitrogens with zero attached hydrogens (tertiary/aromatic N) is 2. The molecule has 0 fully saturated rings. The van der Waals surface area contributed by atoms with E-state index >= 15 is 0 Å². The molecule has 94 heavy (non-hydrogen) atoms. The second-order valence-electron chi connectivity index (χ2n) is 25.0. The first-order valence-electron chi connectivity index (χ1n) is 32.7. The number of hydrogen-bond donors (Lipinski definition) is 0. The molecule has 2 nitrogen and oxygen atoms in total. The van der Waals surface area contributed by atoms with Crippen LogP contribution < -0.4 is 9.80 Å². The van der Waals surface area contributed by atoms with Gasteiger partial charge >= 0.3 is 0 Å². The van der Waals surface area contributed by atoms with Crippen LogP contribution in [0, 0.1) is 0 Å². The predicted octanol–water partition coefficient (Wildman–Crippen LogP) is 25.1. The minimum atomic E-state index is 0.0854. The van der Waals surface area contributed by atoms with Crippen molar-refractivity contribution in [2.24, 2.45) is 0 Å². The molecule has 2 aliphatic rings. The van der Waals surface area contributed by atoms with E-state index in [1.807, 2.05) is 0 Å². The molecule has 0 unspecified atom stereocenters. The Morgan fingerprint density at radius 2 is 0.436 bits per heavy atom. The number of hydrogen-bond acceptors (Lipinski definition) is 2. The van der Waals surface area contributed by atoms with Crippen molar-refractivity contribution in [2.45, 2.75) is 11.8 Å². The van der Waals surface area contributed by atoms with Crippen molar-refractivity contribution in [2.75, 3.05) is 9.80 Å². The third-order valence-corrected chi connectivity index (χ3v) is 19.8. The van der Waals surface area contributed by atoms with E-state index in [9.17, 15) is 0 Å². The summed E-state index contributed by atoms with van der Waals surface area (Å²) < 4.78 is 0. The molecule has 0 saturated carbocycles. The summed E-state index contributed by atoms with van der Waals surface area (Å²) >= 11 is 0. The van der Waals surface area contributed by atoms with Crippen LogP contribution in [0.25, 0.3) is 99.1 Å². The fourth-order valence-corrected chi connectivity index (χ4v) is 15.4. The SMILES string of the molecule is c1ccc(-c2ccc(-c3ccc(N(c4cccc(C5c6ccccc6-c6ccccc65)c4)c4cc5c6ccccc6c(N(c6ccc(-c7ccc(-c8ccccc8)cc7)cc6)c6cccc(C7c8ccccc8-c8ccccc87)c6)cc5c5ccccc45)cc3)cc2)cc1. The fourth-order valence-electron chi connectivity index (χ4n) is 15.4. The Morgan fingerprint density at radius 1 is 0.170 bits per heavy atom. The lowest BCUT2D eigenvalue weighted by molar-refractivity contribution is 1.01. The smallest absolute Gasteiger partial charge is 0.0546 e. The van der Waals surface area contributed by atoms with Gasteiger partial charge in [0.15, 0.2) is 0 Å². The van der Waals surface area contributed by atoms with E-state index in [-0.39, 0.29) is 11.8 Å². The van der Waals surface area contributed by atoms with Gasteiger partial charge in [-0.25, -0.2) is 0 Å². The molecule has 16 aromatic carbocycles. The molecule has 0 N–H and O–H groups in total. The van der Waals surface area contributed by atoms with E-state index in [0.717, 1.165) is 44.9 Å². The highest BCUT2D eigenvalue weighted by Crippen LogP contribution is 2.53. The van der Waals surface area contributed by atoms with Crippen molar-refractivity contribution >= 4 is 66.4 Å². The van der Waals surface area contributed by atoms with Crippen molar-refractivity contribution in [3.05, 3.63) is 397 Å². The largest absolute Gasteiger partial charge is 0.310 e. The molecule has 0 bridgehead atoms. The predicted molar refractivity (Wildman–Crippen MR) is 396 cm³/mol. The summed E-state index contributed by atoms with van der Waals surface area (Å²) in [6.07, 6.45) is 0. The minimum absolute atomic E-state index is 0.0854. The van der Waals surface area contributed by atoms with Gasteiger partial charge in [-0.05, 0) is 182 Å². The maximum atomic E-state index is 2.51. The summed E-state index contributed by atoms with van der Waals surface area (Å²) in [6.45, 7) is 0. The normalized spacial score (nSPS) is 12.4. The number of anilines is 6. The lowest BCUT2D eigenvalue weighted by Crippen LogP contribution is -2.13. The van der Waals surface area contributed by atoms with Gasteiger partial charge < -0.3 is 9.80 Å². The number of fused-ring (bicyclic) bond motifs is 11. The third kappa shape index (κ3) is 9.41. The highest BCUT2D eigenvalue weighted by molar-refractivity contribution is 6.24. The van der Waals surface area contributed by atoms with Crippen molar-refractivity contribution in [1.82, 2.24) is 0 Å². The summed E-state index contributed by atoms with van der Waals surface area (Å²) in [4.78, 5) is 5.02. The molecule has 0 saturated heterocycles. The Kier molecular flexibility index (Phi) is 13.4. The van der Waals surface area contributed by atoms with E-state index in [2.05, 4.69) is 374 Å². The van der Waals surface area contributed by atoms with Gasteiger partial charge in [-0.1, -0.05) is 303 Å². The fraction of sp³-hybridized carbons (Fsp3) is 0.0217. The average Bonchev–Trinajstić information content (AvgIpc) is 0.867. The van der Waals surface area contributed by atoms with Crippen LogP contribution in [-0.2, 0) is 0 Å². The molecule has 0 radical (unpaired) electrons. The van der Waals surface area contributed by atoms with Crippen molar-refractivity contribution in [3.8, 4) is 66.8 Å². The van der Waals surface area contributed by atoms with Crippen molar-refractivity contribution < 1.29 is 0 Å². The quantitative estimate of drug-likeness (QED) is 0.113. The van der Waals surface area contributed by atoms with E-state index in [1.165, 1.54) is 122 Å². The van der Waals surface area contributed by atoms with Gasteiger partial charge in [0.1, 0.15) is 0 Å². The molecule has 0 aromatic heterocycles. The van der Waals surface area contributed by atoms with Gasteiger partial charge in [0.25, 0.3) is 0 Å². The summed E-state index contributed by atoms with van der Waals surface area (Å²) in [5.41, 5.74) is 29.2. The Bertz CT molecular complexity index is 5100. The van der Waals surface area contributed by atoms with Crippen LogP contribution in [0.15, 0.2) is 364 Å². The summed E-state index contributed by atoms with van der Waals surface area (Å²) in [7, 11) is 0. The van der Waals surface area contributed by atoms with Crippen LogP contribution in [0.4, 0.5) is 34.1 Å². The maximum absolute atomic E-state index is 2.51. The molecular weight excluding hydrogens is 1130 g/mol. The zero-order valence-electron chi connectivity index (χ0n) is 51.7. The summed E-state index contributed by atoms with van der Waals surface area (Å²) in [5, 5.41) is 7.05.